The van der Waals surface area contributed by atoms with Crippen LogP contribution in [0.15, 0.2) is 18.2 Å². The molecule has 8 heteroatoms. The summed E-state index contributed by atoms with van der Waals surface area (Å²) in [6.07, 6.45) is 7.83. The van der Waals surface area contributed by atoms with E-state index in [1.54, 1.807) is 4.90 Å². The normalized spacial score (nSPS) is 24.7. The third-order valence-electron chi connectivity index (χ3n) is 8.34. The van der Waals surface area contributed by atoms with Crippen LogP contribution in [0.5, 0.6) is 5.75 Å². The van der Waals surface area contributed by atoms with Gasteiger partial charge in [-0.2, -0.15) is 0 Å². The number of fused-ring (bicyclic) bond motifs is 1. The van der Waals surface area contributed by atoms with Crippen LogP contribution in [-0.4, -0.2) is 92.4 Å². The molecule has 8 nitrogen and oxygen atoms in total. The Bertz CT molecular complexity index is 933. The maximum absolute atomic E-state index is 14.1. The molecule has 1 heterocycles. The lowest BCUT2D eigenvalue weighted by Gasteiger charge is -2.36. The molecule has 1 aliphatic heterocycles. The number of ether oxygens (including phenoxy) is 2. The topological polar surface area (TPSA) is 82.6 Å². The first-order valence-corrected chi connectivity index (χ1v) is 14.9. The molecular formula is C31H51N3O5. The van der Waals surface area contributed by atoms with E-state index in [2.05, 4.69) is 6.92 Å². The van der Waals surface area contributed by atoms with Crippen molar-refractivity contribution in [3.05, 3.63) is 23.8 Å². The zero-order chi connectivity index (χ0) is 28.5. The van der Waals surface area contributed by atoms with E-state index in [9.17, 15) is 14.7 Å². The molecule has 1 aromatic rings. The van der Waals surface area contributed by atoms with Crippen LogP contribution in [0.3, 0.4) is 0 Å². The molecule has 2 aliphatic rings. The number of aliphatic hydroxyl groups is 1. The Kier molecular flexibility index (Phi) is 11.9. The molecule has 1 saturated carbocycles. The number of amides is 2. The predicted molar refractivity (Wildman–Crippen MR) is 155 cm³/mol. The first kappa shape index (κ1) is 31.2. The van der Waals surface area contributed by atoms with Gasteiger partial charge in [-0.15, -0.1) is 0 Å². The molecule has 0 unspecified atom stereocenters. The lowest BCUT2D eigenvalue weighted by molar-refractivity contribution is -0.137. The maximum Gasteiger partial charge on any atom is 0.258 e. The molecule has 1 fully saturated rings. The van der Waals surface area contributed by atoms with E-state index >= 15 is 0 Å². The average molecular weight is 546 g/mol. The number of likely N-dealkylation sites (N-methyl/N-ethyl adjacent to an activating group) is 1. The lowest BCUT2D eigenvalue weighted by atomic mass is 9.88. The molecule has 1 aliphatic carbocycles. The third-order valence-corrected chi connectivity index (χ3v) is 8.34. The predicted octanol–water partition coefficient (Wildman–Crippen LogP) is 4.59. The molecule has 1 aromatic carbocycles. The van der Waals surface area contributed by atoms with E-state index in [-0.39, 0.29) is 48.5 Å². The fourth-order valence-electron chi connectivity index (χ4n) is 5.67. The summed E-state index contributed by atoms with van der Waals surface area (Å²) in [4.78, 5) is 32.9. The van der Waals surface area contributed by atoms with Crippen molar-refractivity contribution < 1.29 is 24.2 Å². The number of hydrogen-bond donors (Lipinski definition) is 1. The van der Waals surface area contributed by atoms with Gasteiger partial charge in [-0.3, -0.25) is 9.59 Å². The molecular weight excluding hydrogens is 494 g/mol. The Morgan fingerprint density at radius 2 is 1.77 bits per heavy atom. The summed E-state index contributed by atoms with van der Waals surface area (Å²) in [5, 5.41) is 10.1. The molecule has 1 N–H and O–H groups in total. The maximum atomic E-state index is 14.1. The van der Waals surface area contributed by atoms with E-state index < -0.39 is 0 Å². The number of aliphatic hydroxyl groups excluding tert-OH is 1. The highest BCUT2D eigenvalue weighted by molar-refractivity contribution is 5.98. The first-order valence-electron chi connectivity index (χ1n) is 14.9. The summed E-state index contributed by atoms with van der Waals surface area (Å²) in [5.74, 6) is 0.666. The van der Waals surface area contributed by atoms with Crippen molar-refractivity contribution in [3.63, 3.8) is 0 Å². The van der Waals surface area contributed by atoms with Crippen molar-refractivity contribution in [2.45, 2.75) is 90.4 Å². The molecule has 39 heavy (non-hydrogen) atoms. The van der Waals surface area contributed by atoms with Crippen LogP contribution in [0.25, 0.3) is 0 Å². The van der Waals surface area contributed by atoms with Gasteiger partial charge in [0, 0.05) is 58.4 Å². The molecule has 4 atom stereocenters. The number of hydrogen-bond acceptors (Lipinski definition) is 6. The van der Waals surface area contributed by atoms with E-state index in [1.807, 2.05) is 63.0 Å². The highest BCUT2D eigenvalue weighted by Crippen LogP contribution is 2.30. The standard InChI is InChI=1S/C31H51N3O5/c1-22-19-34(23(2)21-35)31(37)27-18-26(32(4)5)15-16-28(27)39-24(3)12-10-11-17-38-29(22)20-33(6)30(36)25-13-8-7-9-14-25/h15-16,18,22-25,29,35H,7-14,17,19-21H2,1-6H3/t22-,23+,24-,29-/m0/s1. The fraction of sp³-hybridized carbons (Fsp3) is 0.742. The monoisotopic (exact) mass is 545 g/mol. The van der Waals surface area contributed by atoms with Gasteiger partial charge in [0.1, 0.15) is 5.75 Å². The van der Waals surface area contributed by atoms with Gasteiger partial charge < -0.3 is 29.3 Å². The van der Waals surface area contributed by atoms with Gasteiger partial charge in [0.25, 0.3) is 5.91 Å². The van der Waals surface area contributed by atoms with Crippen molar-refractivity contribution in [2.24, 2.45) is 11.8 Å². The second kappa shape index (κ2) is 14.9. The van der Waals surface area contributed by atoms with Gasteiger partial charge in [-0.1, -0.05) is 26.2 Å². The number of carbonyl (C=O) groups excluding carboxylic acids is 2. The number of anilines is 1. The third kappa shape index (κ3) is 8.58. The van der Waals surface area contributed by atoms with Crippen molar-refractivity contribution in [1.29, 1.82) is 0 Å². The first-order chi connectivity index (χ1) is 18.6. The van der Waals surface area contributed by atoms with Crippen LogP contribution < -0.4 is 9.64 Å². The van der Waals surface area contributed by atoms with Crippen molar-refractivity contribution in [1.82, 2.24) is 9.80 Å². The van der Waals surface area contributed by atoms with Crippen LogP contribution in [-0.2, 0) is 9.53 Å². The lowest BCUT2D eigenvalue weighted by Crippen LogP contribution is -2.48. The van der Waals surface area contributed by atoms with Crippen LogP contribution >= 0.6 is 0 Å². The Labute approximate surface area is 235 Å². The van der Waals surface area contributed by atoms with Crippen LogP contribution in [0.4, 0.5) is 5.69 Å². The zero-order valence-electron chi connectivity index (χ0n) is 25.0. The van der Waals surface area contributed by atoms with Gasteiger partial charge >= 0.3 is 0 Å². The summed E-state index contributed by atoms with van der Waals surface area (Å²) < 4.78 is 12.7. The number of rotatable bonds is 6. The summed E-state index contributed by atoms with van der Waals surface area (Å²) in [5.41, 5.74) is 1.41. The van der Waals surface area contributed by atoms with E-state index in [0.717, 1.165) is 50.6 Å². The SMILES string of the molecule is C[C@H](CO)N1C[C@H](C)[C@H](CN(C)C(=O)C2CCCCC2)OCCCC[C@H](C)Oc2ccc(N(C)C)cc2C1=O. The zero-order valence-corrected chi connectivity index (χ0v) is 25.0. The van der Waals surface area contributed by atoms with Crippen molar-refractivity contribution in [3.8, 4) is 5.75 Å². The minimum absolute atomic E-state index is 0.0483. The summed E-state index contributed by atoms with van der Waals surface area (Å²) in [6, 6.07) is 5.34. The second-order valence-electron chi connectivity index (χ2n) is 11.9. The Morgan fingerprint density at radius 1 is 1.08 bits per heavy atom. The van der Waals surface area contributed by atoms with Crippen molar-refractivity contribution >= 4 is 17.5 Å². The molecule has 0 bridgehead atoms. The van der Waals surface area contributed by atoms with Gasteiger partial charge in [0.05, 0.1) is 30.4 Å². The van der Waals surface area contributed by atoms with Crippen molar-refractivity contribution in [2.75, 3.05) is 52.3 Å². The fourth-order valence-corrected chi connectivity index (χ4v) is 5.67. The largest absolute Gasteiger partial charge is 0.490 e. The number of benzene rings is 1. The molecule has 0 aromatic heterocycles. The van der Waals surface area contributed by atoms with Gasteiger partial charge in [0.2, 0.25) is 5.91 Å². The molecule has 0 saturated heterocycles. The highest BCUT2D eigenvalue weighted by Gasteiger charge is 2.32. The molecule has 220 valence electrons. The van der Waals surface area contributed by atoms with E-state index in [4.69, 9.17) is 9.47 Å². The Morgan fingerprint density at radius 3 is 2.44 bits per heavy atom. The summed E-state index contributed by atoms with van der Waals surface area (Å²) in [6.45, 7) is 7.32. The summed E-state index contributed by atoms with van der Waals surface area (Å²) >= 11 is 0. The van der Waals surface area contributed by atoms with Gasteiger partial charge in [-0.05, 0) is 64.2 Å². The average Bonchev–Trinajstić information content (AvgIpc) is 2.93. The Balaban J connectivity index is 1.89. The molecule has 2 amide bonds. The molecule has 0 radical (unpaired) electrons. The van der Waals surface area contributed by atoms with Crippen LogP contribution in [0.2, 0.25) is 0 Å². The molecule has 3 rings (SSSR count). The quantitative estimate of drug-likeness (QED) is 0.563. The second-order valence-corrected chi connectivity index (χ2v) is 11.9. The minimum atomic E-state index is -0.386. The van der Waals surface area contributed by atoms with E-state index in [0.29, 0.717) is 31.0 Å². The van der Waals surface area contributed by atoms with Gasteiger partial charge in [0.15, 0.2) is 0 Å². The minimum Gasteiger partial charge on any atom is -0.490 e. The van der Waals surface area contributed by atoms with E-state index in [1.165, 1.54) is 6.42 Å². The van der Waals surface area contributed by atoms with Crippen LogP contribution in [0.1, 0.15) is 82.5 Å². The molecule has 0 spiro atoms. The smallest absolute Gasteiger partial charge is 0.258 e. The van der Waals surface area contributed by atoms with Crippen LogP contribution in [0, 0.1) is 11.8 Å². The summed E-state index contributed by atoms with van der Waals surface area (Å²) in [7, 11) is 5.78. The highest BCUT2D eigenvalue weighted by atomic mass is 16.5. The number of carbonyl (C=O) groups is 2. The van der Waals surface area contributed by atoms with Gasteiger partial charge in [-0.25, -0.2) is 0 Å². The Hall–Kier alpha value is -2.32. The number of nitrogens with zero attached hydrogens (tertiary/aromatic N) is 3.